The first-order valence-electron chi connectivity index (χ1n) is 15.2. The number of hydrogen-bond acceptors (Lipinski definition) is 10. The molecule has 0 aromatic carbocycles. The molecule has 0 saturated heterocycles. The molecule has 0 aliphatic carbocycles. The number of ether oxygens (including phenoxy) is 5. The van der Waals surface area contributed by atoms with Gasteiger partial charge in [0.2, 0.25) is 0 Å². The summed E-state index contributed by atoms with van der Waals surface area (Å²) in [5, 5.41) is 50.9. The van der Waals surface area contributed by atoms with Gasteiger partial charge in [-0.15, -0.1) is 0 Å². The zero-order valence-corrected chi connectivity index (χ0v) is 31.2. The van der Waals surface area contributed by atoms with Crippen LogP contribution in [-0.4, -0.2) is 64.5 Å². The summed E-state index contributed by atoms with van der Waals surface area (Å²) in [6.07, 6.45) is 6.18. The molecule has 0 amide bonds. The molecule has 11 heteroatoms. The summed E-state index contributed by atoms with van der Waals surface area (Å²) in [6, 6.07) is 0. The second-order valence-corrected chi connectivity index (χ2v) is 8.96. The van der Waals surface area contributed by atoms with Crippen molar-refractivity contribution in [2.75, 3.05) is 33.0 Å². The van der Waals surface area contributed by atoms with Crippen molar-refractivity contribution in [2.24, 2.45) is 0 Å². The van der Waals surface area contributed by atoms with Gasteiger partial charge in [0, 0.05) is 33.0 Å². The Morgan fingerprint density at radius 1 is 0.341 bits per heavy atom. The molecular weight excluding hydrogens is 701 g/mol. The quantitative estimate of drug-likeness (QED) is 0.133. The Hall–Kier alpha value is 0.340. The van der Waals surface area contributed by atoms with Crippen molar-refractivity contribution >= 4 is 0 Å². The standard InChI is InChI=1S/5C6H13O2.Ta/c5*1-3-4-5-8-6(2)7;/h5*6H,3-5H2,1-2H3;/q5*-1;+5. The molecule has 0 heterocycles. The summed E-state index contributed by atoms with van der Waals surface area (Å²) in [5.74, 6) is 0. The summed E-state index contributed by atoms with van der Waals surface area (Å²) < 4.78 is 23.6. The first-order chi connectivity index (χ1) is 18.9. The van der Waals surface area contributed by atoms with Crippen LogP contribution in [0.4, 0.5) is 0 Å². The van der Waals surface area contributed by atoms with E-state index >= 15 is 0 Å². The van der Waals surface area contributed by atoms with Gasteiger partial charge in [-0.1, -0.05) is 101 Å². The monoisotopic (exact) mass is 766 g/mol. The molecule has 0 aromatic rings. The van der Waals surface area contributed by atoms with Gasteiger partial charge in [-0.25, -0.2) is 0 Å². The van der Waals surface area contributed by atoms with Crippen molar-refractivity contribution in [3.05, 3.63) is 0 Å². The van der Waals surface area contributed by atoms with Crippen LogP contribution in [0.1, 0.15) is 133 Å². The van der Waals surface area contributed by atoms with E-state index in [1.165, 1.54) is 34.6 Å². The molecule has 41 heavy (non-hydrogen) atoms. The summed E-state index contributed by atoms with van der Waals surface area (Å²) in [5.41, 5.74) is 0. The Morgan fingerprint density at radius 3 is 0.537 bits per heavy atom. The van der Waals surface area contributed by atoms with Crippen LogP contribution in [0.3, 0.4) is 0 Å². The predicted octanol–water partition coefficient (Wildman–Crippen LogP) is 2.54. The SMILES string of the molecule is CCCCOC(C)[O-].CCCCOC(C)[O-].CCCCOC(C)[O-].CCCCOC(C)[O-].CCCCOC(C)[O-].[Ta+5]. The largest absolute Gasteiger partial charge is 5.00 e. The first-order valence-corrected chi connectivity index (χ1v) is 15.2. The molecule has 0 saturated carbocycles. The van der Waals surface area contributed by atoms with Crippen LogP contribution in [0, 0.1) is 0 Å². The van der Waals surface area contributed by atoms with Crippen molar-refractivity contribution in [1.82, 2.24) is 0 Å². The third kappa shape index (κ3) is 92.3. The third-order valence-corrected chi connectivity index (χ3v) is 4.25. The van der Waals surface area contributed by atoms with E-state index in [1.807, 2.05) is 0 Å². The molecule has 5 atom stereocenters. The fourth-order valence-electron chi connectivity index (χ4n) is 1.97. The Bertz CT molecular complexity index is 307. The van der Waals surface area contributed by atoms with Crippen LogP contribution in [0.15, 0.2) is 0 Å². The van der Waals surface area contributed by atoms with Gasteiger partial charge in [0.25, 0.3) is 0 Å². The maximum atomic E-state index is 10.2. The molecule has 10 nitrogen and oxygen atoms in total. The van der Waals surface area contributed by atoms with Crippen LogP contribution >= 0.6 is 0 Å². The molecule has 0 aliphatic heterocycles. The van der Waals surface area contributed by atoms with E-state index in [4.69, 9.17) is 23.7 Å². The molecule has 0 aliphatic rings. The Morgan fingerprint density at radius 2 is 0.463 bits per heavy atom. The molecule has 250 valence electrons. The normalized spacial score (nSPS) is 13.5. The Labute approximate surface area is 269 Å². The zero-order chi connectivity index (χ0) is 32.0. The van der Waals surface area contributed by atoms with Gasteiger partial charge in [-0.05, 0) is 63.6 Å². The summed E-state index contributed by atoms with van der Waals surface area (Å²) in [6.45, 7) is 21.0. The van der Waals surface area contributed by atoms with Crippen LogP contribution in [0.5, 0.6) is 0 Å². The molecular formula is C30H65O10Ta. The molecule has 0 rings (SSSR count). The predicted molar refractivity (Wildman–Crippen MR) is 152 cm³/mol. The van der Waals surface area contributed by atoms with E-state index in [9.17, 15) is 25.5 Å². The van der Waals surface area contributed by atoms with Crippen molar-refractivity contribution in [3.63, 3.8) is 0 Å². The third-order valence-electron chi connectivity index (χ3n) is 4.25. The van der Waals surface area contributed by atoms with E-state index < -0.39 is 31.5 Å². The maximum Gasteiger partial charge on any atom is 5.00 e. The fourth-order valence-corrected chi connectivity index (χ4v) is 1.97. The van der Waals surface area contributed by atoms with Gasteiger partial charge in [0.1, 0.15) is 0 Å². The molecule has 0 fully saturated rings. The van der Waals surface area contributed by atoms with Crippen molar-refractivity contribution in [2.45, 2.75) is 165 Å². The first kappa shape index (κ1) is 53.9. The van der Waals surface area contributed by atoms with Crippen molar-refractivity contribution < 1.29 is 71.6 Å². The summed E-state index contributed by atoms with van der Waals surface area (Å²) in [7, 11) is 0. The van der Waals surface area contributed by atoms with Crippen LogP contribution in [0.25, 0.3) is 0 Å². The summed E-state index contributed by atoms with van der Waals surface area (Å²) >= 11 is 0. The summed E-state index contributed by atoms with van der Waals surface area (Å²) in [4.78, 5) is 0. The van der Waals surface area contributed by atoms with E-state index in [0.29, 0.717) is 33.0 Å². The Balaban J connectivity index is -0.0000000928. The molecule has 0 radical (unpaired) electrons. The average Bonchev–Trinajstić information content (AvgIpc) is 2.86. The second kappa shape index (κ2) is 50.0. The fraction of sp³-hybridized carbons (Fsp3) is 1.00. The average molecular weight is 767 g/mol. The minimum absolute atomic E-state index is 0. The van der Waals surface area contributed by atoms with Crippen LogP contribution < -0.4 is 25.5 Å². The van der Waals surface area contributed by atoms with Crippen molar-refractivity contribution in [1.29, 1.82) is 0 Å². The topological polar surface area (TPSA) is 161 Å². The second-order valence-electron chi connectivity index (χ2n) is 8.96. The van der Waals surface area contributed by atoms with Gasteiger partial charge in [-0.3, -0.25) is 0 Å². The van der Waals surface area contributed by atoms with Gasteiger partial charge >= 0.3 is 22.4 Å². The van der Waals surface area contributed by atoms with Gasteiger partial charge < -0.3 is 49.2 Å². The minimum Gasteiger partial charge on any atom is -0.831 e. The molecule has 0 bridgehead atoms. The number of unbranched alkanes of at least 4 members (excludes halogenated alkanes) is 5. The zero-order valence-electron chi connectivity index (χ0n) is 28.0. The molecule has 0 spiro atoms. The van der Waals surface area contributed by atoms with Gasteiger partial charge in [-0.2, -0.15) is 0 Å². The van der Waals surface area contributed by atoms with Crippen LogP contribution in [-0.2, 0) is 46.1 Å². The van der Waals surface area contributed by atoms with Crippen molar-refractivity contribution in [3.8, 4) is 0 Å². The van der Waals surface area contributed by atoms with Gasteiger partial charge in [0.05, 0.1) is 0 Å². The molecule has 0 aromatic heterocycles. The Kier molecular flexibility index (Phi) is 65.7. The van der Waals surface area contributed by atoms with E-state index in [2.05, 4.69) is 34.6 Å². The maximum absolute atomic E-state index is 10.2. The van der Waals surface area contributed by atoms with Gasteiger partial charge in [0.15, 0.2) is 0 Å². The molecule has 5 unspecified atom stereocenters. The van der Waals surface area contributed by atoms with E-state index in [0.717, 1.165) is 64.2 Å². The van der Waals surface area contributed by atoms with E-state index in [1.54, 1.807) is 0 Å². The van der Waals surface area contributed by atoms with Crippen LogP contribution in [0.2, 0.25) is 0 Å². The number of rotatable bonds is 20. The molecule has 0 N–H and O–H groups in total. The number of hydrogen-bond donors (Lipinski definition) is 0. The van der Waals surface area contributed by atoms with E-state index in [-0.39, 0.29) is 22.4 Å². The minimum atomic E-state index is -0.846. The smallest absolute Gasteiger partial charge is 0.831 e.